The van der Waals surface area contributed by atoms with Crippen molar-refractivity contribution >= 4 is 9.84 Å². The molecule has 1 atom stereocenters. The van der Waals surface area contributed by atoms with E-state index in [0.717, 1.165) is 38.6 Å². The van der Waals surface area contributed by atoms with E-state index < -0.39 is 15.2 Å². The predicted octanol–water partition coefficient (Wildman–Crippen LogP) is 1.69. The molecule has 0 aliphatic rings. The van der Waals surface area contributed by atoms with E-state index in [2.05, 4.69) is 12.2 Å². The van der Waals surface area contributed by atoms with Gasteiger partial charge in [-0.3, -0.25) is 0 Å². The molecule has 0 fully saturated rings. The minimum atomic E-state index is -3.19. The summed E-state index contributed by atoms with van der Waals surface area (Å²) in [5, 5.41) is 11.4. The van der Waals surface area contributed by atoms with Gasteiger partial charge in [-0.2, -0.15) is 0 Å². The standard InChI is InChI=1S/C12H27NO3S/c1-3-5-7-9-13-12(8-6-4-2)17(15,16)11-10-14/h12-14H,3-11H2,1-2H3. The first-order valence-electron chi connectivity index (χ1n) is 6.64. The zero-order valence-electron chi connectivity index (χ0n) is 11.1. The van der Waals surface area contributed by atoms with E-state index in [9.17, 15) is 8.42 Å². The SMILES string of the molecule is CCCCCNC(CCCC)S(=O)(=O)CCO. The van der Waals surface area contributed by atoms with Crippen LogP contribution in [0.25, 0.3) is 0 Å². The highest BCUT2D eigenvalue weighted by molar-refractivity contribution is 7.92. The van der Waals surface area contributed by atoms with Gasteiger partial charge in [-0.25, -0.2) is 8.42 Å². The second-order valence-electron chi connectivity index (χ2n) is 4.38. The van der Waals surface area contributed by atoms with Gasteiger partial charge < -0.3 is 10.4 Å². The number of rotatable bonds is 11. The quantitative estimate of drug-likeness (QED) is 0.558. The zero-order valence-corrected chi connectivity index (χ0v) is 11.9. The fraction of sp³-hybridized carbons (Fsp3) is 1.00. The Morgan fingerprint density at radius 1 is 1.12 bits per heavy atom. The van der Waals surface area contributed by atoms with E-state index in [-0.39, 0.29) is 12.4 Å². The predicted molar refractivity (Wildman–Crippen MR) is 71.7 cm³/mol. The summed E-state index contributed by atoms with van der Waals surface area (Å²) in [5.74, 6) is -0.137. The van der Waals surface area contributed by atoms with Crippen LogP contribution in [0.1, 0.15) is 52.4 Å². The molecule has 17 heavy (non-hydrogen) atoms. The van der Waals surface area contributed by atoms with Gasteiger partial charge in [0.1, 0.15) is 5.37 Å². The molecular weight excluding hydrogens is 238 g/mol. The molecule has 0 aromatic carbocycles. The van der Waals surface area contributed by atoms with Gasteiger partial charge in [0.15, 0.2) is 9.84 Å². The molecule has 0 aliphatic heterocycles. The fourth-order valence-corrected chi connectivity index (χ4v) is 3.14. The van der Waals surface area contributed by atoms with Gasteiger partial charge in [0.2, 0.25) is 0 Å². The number of aliphatic hydroxyl groups is 1. The summed E-state index contributed by atoms with van der Waals surface area (Å²) in [7, 11) is -3.19. The molecule has 0 spiro atoms. The monoisotopic (exact) mass is 265 g/mol. The summed E-state index contributed by atoms with van der Waals surface area (Å²) in [5.41, 5.74) is 0. The van der Waals surface area contributed by atoms with Crippen LogP contribution in [0.2, 0.25) is 0 Å². The topological polar surface area (TPSA) is 66.4 Å². The largest absolute Gasteiger partial charge is 0.395 e. The lowest BCUT2D eigenvalue weighted by Crippen LogP contribution is -2.39. The van der Waals surface area contributed by atoms with Gasteiger partial charge in [-0.1, -0.05) is 39.5 Å². The second kappa shape index (κ2) is 9.85. The van der Waals surface area contributed by atoms with Crippen LogP contribution >= 0.6 is 0 Å². The van der Waals surface area contributed by atoms with Crippen molar-refractivity contribution in [2.24, 2.45) is 0 Å². The van der Waals surface area contributed by atoms with Crippen LogP contribution < -0.4 is 5.32 Å². The van der Waals surface area contributed by atoms with E-state index in [4.69, 9.17) is 5.11 Å². The van der Waals surface area contributed by atoms with Crippen LogP contribution in [-0.2, 0) is 9.84 Å². The number of unbranched alkanes of at least 4 members (excludes halogenated alkanes) is 3. The molecule has 0 heterocycles. The maximum absolute atomic E-state index is 11.9. The average Bonchev–Trinajstić information content (AvgIpc) is 2.27. The normalized spacial score (nSPS) is 13.8. The van der Waals surface area contributed by atoms with Crippen LogP contribution in [0.4, 0.5) is 0 Å². The van der Waals surface area contributed by atoms with Crippen LogP contribution in [-0.4, -0.2) is 37.8 Å². The van der Waals surface area contributed by atoms with E-state index in [0.29, 0.717) is 6.42 Å². The van der Waals surface area contributed by atoms with E-state index in [1.165, 1.54) is 0 Å². The molecule has 0 radical (unpaired) electrons. The molecular formula is C12H27NO3S. The molecule has 5 heteroatoms. The third kappa shape index (κ3) is 7.73. The van der Waals surface area contributed by atoms with Crippen LogP contribution in [0, 0.1) is 0 Å². The zero-order chi connectivity index (χ0) is 13.1. The third-order valence-corrected chi connectivity index (χ3v) is 4.80. The second-order valence-corrected chi connectivity index (χ2v) is 6.69. The van der Waals surface area contributed by atoms with Crippen LogP contribution in [0.15, 0.2) is 0 Å². The Morgan fingerprint density at radius 3 is 2.29 bits per heavy atom. The summed E-state index contributed by atoms with van der Waals surface area (Å²) in [6.45, 7) is 4.62. The molecule has 0 aliphatic carbocycles. The third-order valence-electron chi connectivity index (χ3n) is 2.78. The highest BCUT2D eigenvalue weighted by atomic mass is 32.2. The van der Waals surface area contributed by atoms with Crippen molar-refractivity contribution in [3.63, 3.8) is 0 Å². The van der Waals surface area contributed by atoms with Crippen molar-refractivity contribution in [1.82, 2.24) is 5.32 Å². The van der Waals surface area contributed by atoms with Gasteiger partial charge in [0.25, 0.3) is 0 Å². The summed E-state index contributed by atoms with van der Waals surface area (Å²) in [4.78, 5) is 0. The first-order valence-corrected chi connectivity index (χ1v) is 8.35. The smallest absolute Gasteiger partial charge is 0.168 e. The van der Waals surface area contributed by atoms with E-state index in [1.807, 2.05) is 6.92 Å². The summed E-state index contributed by atoms with van der Waals surface area (Å²) < 4.78 is 23.8. The Balaban J connectivity index is 4.22. The molecule has 0 bridgehead atoms. The van der Waals surface area contributed by atoms with E-state index in [1.54, 1.807) is 0 Å². The average molecular weight is 265 g/mol. The summed E-state index contributed by atoms with van der Waals surface area (Å²) >= 11 is 0. The van der Waals surface area contributed by atoms with Crippen LogP contribution in [0.3, 0.4) is 0 Å². The van der Waals surface area contributed by atoms with Crippen molar-refractivity contribution in [2.75, 3.05) is 18.9 Å². The number of hydrogen-bond donors (Lipinski definition) is 2. The van der Waals surface area contributed by atoms with E-state index >= 15 is 0 Å². The lowest BCUT2D eigenvalue weighted by Gasteiger charge is -2.18. The van der Waals surface area contributed by atoms with Gasteiger partial charge in [0, 0.05) is 0 Å². The van der Waals surface area contributed by atoms with Gasteiger partial charge in [-0.05, 0) is 19.4 Å². The molecule has 0 saturated heterocycles. The number of nitrogens with one attached hydrogen (secondary N) is 1. The lowest BCUT2D eigenvalue weighted by molar-refractivity contribution is 0.318. The molecule has 0 aromatic heterocycles. The first-order chi connectivity index (χ1) is 8.08. The summed E-state index contributed by atoms with van der Waals surface area (Å²) in [6, 6.07) is 0. The number of aliphatic hydroxyl groups excluding tert-OH is 1. The van der Waals surface area contributed by atoms with Crippen LogP contribution in [0.5, 0.6) is 0 Å². The molecule has 0 saturated carbocycles. The fourth-order valence-electron chi connectivity index (χ4n) is 1.71. The summed E-state index contributed by atoms with van der Waals surface area (Å²) in [6.07, 6.45) is 5.79. The molecule has 0 rings (SSSR count). The molecule has 4 nitrogen and oxygen atoms in total. The van der Waals surface area contributed by atoms with Crippen molar-refractivity contribution < 1.29 is 13.5 Å². The van der Waals surface area contributed by atoms with Crippen molar-refractivity contribution in [3.8, 4) is 0 Å². The maximum Gasteiger partial charge on any atom is 0.168 e. The molecule has 1 unspecified atom stereocenters. The molecule has 0 amide bonds. The Hall–Kier alpha value is -0.130. The molecule has 2 N–H and O–H groups in total. The highest BCUT2D eigenvalue weighted by Crippen LogP contribution is 2.09. The van der Waals surface area contributed by atoms with Gasteiger partial charge in [0.05, 0.1) is 12.4 Å². The van der Waals surface area contributed by atoms with Crippen molar-refractivity contribution in [2.45, 2.75) is 57.7 Å². The minimum absolute atomic E-state index is 0.137. The maximum atomic E-state index is 11.9. The Morgan fingerprint density at radius 2 is 1.76 bits per heavy atom. The Kier molecular flexibility index (Phi) is 9.78. The molecule has 0 aromatic rings. The first kappa shape index (κ1) is 16.9. The van der Waals surface area contributed by atoms with Gasteiger partial charge in [-0.15, -0.1) is 0 Å². The van der Waals surface area contributed by atoms with Gasteiger partial charge >= 0.3 is 0 Å². The molecule has 104 valence electrons. The van der Waals surface area contributed by atoms with Crippen molar-refractivity contribution in [1.29, 1.82) is 0 Å². The lowest BCUT2D eigenvalue weighted by atomic mass is 10.2. The minimum Gasteiger partial charge on any atom is -0.395 e. The number of hydrogen-bond acceptors (Lipinski definition) is 4. The number of sulfone groups is 1. The Labute approximate surface area is 106 Å². The Bertz CT molecular complexity index is 265. The highest BCUT2D eigenvalue weighted by Gasteiger charge is 2.23. The van der Waals surface area contributed by atoms with Crippen molar-refractivity contribution in [3.05, 3.63) is 0 Å².